The van der Waals surface area contributed by atoms with Gasteiger partial charge in [-0.1, -0.05) is 19.8 Å². The van der Waals surface area contributed by atoms with Gasteiger partial charge in [0.2, 0.25) is 0 Å². The molecule has 20 heavy (non-hydrogen) atoms. The Bertz CT molecular complexity index is 426. The summed E-state index contributed by atoms with van der Waals surface area (Å²) in [5, 5.41) is 15.1. The summed E-state index contributed by atoms with van der Waals surface area (Å²) in [5.41, 5.74) is 1.02. The molecule has 1 aliphatic carbocycles. The lowest BCUT2D eigenvalue weighted by molar-refractivity contribution is 0.0313. The van der Waals surface area contributed by atoms with Crippen LogP contribution >= 0.6 is 0 Å². The molecule has 0 radical (unpaired) electrons. The molecule has 3 unspecified atom stereocenters. The van der Waals surface area contributed by atoms with E-state index in [-0.39, 0.29) is 18.1 Å². The van der Waals surface area contributed by atoms with Crippen LogP contribution < -0.4 is 0 Å². The highest BCUT2D eigenvalue weighted by molar-refractivity contribution is 5.03. The Hall–Kier alpha value is -0.870. The molecule has 3 atom stereocenters. The maximum absolute atomic E-state index is 10.4. The molecule has 3 rings (SSSR count). The number of aliphatic hydroxyl groups excluding tert-OH is 1. The SMILES string of the molecule is CCC1OCCC1C(O)Cc1ccn(C2CCCC2)n1. The Morgan fingerprint density at radius 3 is 2.95 bits per heavy atom. The fourth-order valence-corrected chi connectivity index (χ4v) is 3.75. The summed E-state index contributed by atoms with van der Waals surface area (Å²) >= 11 is 0. The van der Waals surface area contributed by atoms with Crippen molar-refractivity contribution in [3.8, 4) is 0 Å². The van der Waals surface area contributed by atoms with Crippen LogP contribution in [0.3, 0.4) is 0 Å². The Kier molecular flexibility index (Phi) is 4.41. The minimum absolute atomic E-state index is 0.224. The van der Waals surface area contributed by atoms with Crippen molar-refractivity contribution in [3.63, 3.8) is 0 Å². The second kappa shape index (κ2) is 6.27. The summed E-state index contributed by atoms with van der Waals surface area (Å²) in [6.45, 7) is 2.92. The summed E-state index contributed by atoms with van der Waals surface area (Å²) in [4.78, 5) is 0. The highest BCUT2D eigenvalue weighted by Crippen LogP contribution is 2.30. The van der Waals surface area contributed by atoms with Crippen LogP contribution in [0.25, 0.3) is 0 Å². The number of ether oxygens (including phenoxy) is 1. The van der Waals surface area contributed by atoms with E-state index in [0.29, 0.717) is 12.5 Å². The van der Waals surface area contributed by atoms with E-state index in [2.05, 4.69) is 29.0 Å². The van der Waals surface area contributed by atoms with E-state index in [4.69, 9.17) is 4.74 Å². The molecule has 1 N–H and O–H groups in total. The zero-order valence-corrected chi connectivity index (χ0v) is 12.4. The summed E-state index contributed by atoms with van der Waals surface area (Å²) in [7, 11) is 0. The van der Waals surface area contributed by atoms with E-state index in [0.717, 1.165) is 25.1 Å². The Morgan fingerprint density at radius 2 is 2.20 bits per heavy atom. The van der Waals surface area contributed by atoms with Crippen molar-refractivity contribution in [2.45, 2.75) is 70.1 Å². The first kappa shape index (κ1) is 14.1. The lowest BCUT2D eigenvalue weighted by Gasteiger charge is -2.22. The smallest absolute Gasteiger partial charge is 0.0650 e. The largest absolute Gasteiger partial charge is 0.392 e. The van der Waals surface area contributed by atoms with Gasteiger partial charge in [-0.15, -0.1) is 0 Å². The highest BCUT2D eigenvalue weighted by atomic mass is 16.5. The standard InChI is InChI=1S/C16H26N2O2/c1-2-16-14(8-10-20-16)15(19)11-12-7-9-18(17-12)13-5-3-4-6-13/h7,9,13-16,19H,2-6,8,10-11H2,1H3. The third kappa shape index (κ3) is 2.91. The van der Waals surface area contributed by atoms with Crippen molar-refractivity contribution >= 4 is 0 Å². The first-order chi connectivity index (χ1) is 9.78. The Labute approximate surface area is 121 Å². The van der Waals surface area contributed by atoms with Gasteiger partial charge in [0.1, 0.15) is 0 Å². The topological polar surface area (TPSA) is 47.3 Å². The number of hydrogen-bond donors (Lipinski definition) is 1. The molecule has 0 bridgehead atoms. The van der Waals surface area contributed by atoms with Gasteiger partial charge in [0.25, 0.3) is 0 Å². The predicted molar refractivity (Wildman–Crippen MR) is 77.6 cm³/mol. The minimum Gasteiger partial charge on any atom is -0.392 e. The maximum atomic E-state index is 10.4. The fourth-order valence-electron chi connectivity index (χ4n) is 3.75. The van der Waals surface area contributed by atoms with Crippen LogP contribution in [0.2, 0.25) is 0 Å². The third-order valence-corrected chi connectivity index (χ3v) is 4.94. The number of hydrogen-bond acceptors (Lipinski definition) is 3. The zero-order chi connectivity index (χ0) is 13.9. The summed E-state index contributed by atoms with van der Waals surface area (Å²) in [5.74, 6) is 0.275. The minimum atomic E-state index is -0.325. The number of nitrogens with zero attached hydrogens (tertiary/aromatic N) is 2. The number of rotatable bonds is 5. The second-order valence-electron chi connectivity index (χ2n) is 6.27. The molecule has 1 aromatic heterocycles. The molecule has 2 fully saturated rings. The molecule has 0 spiro atoms. The van der Waals surface area contributed by atoms with E-state index in [1.54, 1.807) is 0 Å². The van der Waals surface area contributed by atoms with Crippen LogP contribution in [0, 0.1) is 5.92 Å². The molecule has 1 saturated heterocycles. The first-order valence-corrected chi connectivity index (χ1v) is 8.11. The monoisotopic (exact) mass is 278 g/mol. The van der Waals surface area contributed by atoms with Gasteiger partial charge in [-0.05, 0) is 31.7 Å². The Balaban J connectivity index is 1.59. The molecule has 1 aliphatic heterocycles. The lowest BCUT2D eigenvalue weighted by Crippen LogP contribution is -2.29. The van der Waals surface area contributed by atoms with Gasteiger partial charge in [0.15, 0.2) is 0 Å². The quantitative estimate of drug-likeness (QED) is 0.901. The molecular weight excluding hydrogens is 252 g/mol. The van der Waals surface area contributed by atoms with E-state index in [1.165, 1.54) is 25.7 Å². The number of aromatic nitrogens is 2. The summed E-state index contributed by atoms with van der Waals surface area (Å²) < 4.78 is 7.78. The molecule has 1 aromatic rings. The van der Waals surface area contributed by atoms with Crippen molar-refractivity contribution < 1.29 is 9.84 Å². The van der Waals surface area contributed by atoms with Gasteiger partial charge >= 0.3 is 0 Å². The maximum Gasteiger partial charge on any atom is 0.0650 e. The van der Waals surface area contributed by atoms with Crippen molar-refractivity contribution in [2.24, 2.45) is 5.92 Å². The van der Waals surface area contributed by atoms with E-state index in [9.17, 15) is 5.11 Å². The predicted octanol–water partition coefficient (Wildman–Crippen LogP) is 2.72. The third-order valence-electron chi connectivity index (χ3n) is 4.94. The molecule has 4 nitrogen and oxygen atoms in total. The van der Waals surface area contributed by atoms with Gasteiger partial charge in [0.05, 0.1) is 23.9 Å². The lowest BCUT2D eigenvalue weighted by atomic mass is 9.91. The number of aliphatic hydroxyl groups is 1. The van der Waals surface area contributed by atoms with E-state index in [1.807, 2.05) is 0 Å². The molecule has 0 amide bonds. The molecular formula is C16H26N2O2. The van der Waals surface area contributed by atoms with E-state index >= 15 is 0 Å². The highest BCUT2D eigenvalue weighted by Gasteiger charge is 2.33. The molecule has 2 heterocycles. The van der Waals surface area contributed by atoms with Gasteiger partial charge in [-0.2, -0.15) is 5.10 Å². The van der Waals surface area contributed by atoms with Gasteiger partial charge in [0, 0.05) is 25.1 Å². The van der Waals surface area contributed by atoms with Crippen LogP contribution in [0.15, 0.2) is 12.3 Å². The molecule has 0 aromatic carbocycles. The second-order valence-corrected chi connectivity index (χ2v) is 6.27. The van der Waals surface area contributed by atoms with Crippen molar-refractivity contribution in [2.75, 3.05) is 6.61 Å². The fraction of sp³-hybridized carbons (Fsp3) is 0.812. The molecule has 112 valence electrons. The molecule has 4 heteroatoms. The zero-order valence-electron chi connectivity index (χ0n) is 12.4. The van der Waals surface area contributed by atoms with Crippen LogP contribution in [0.5, 0.6) is 0 Å². The van der Waals surface area contributed by atoms with Gasteiger partial charge < -0.3 is 9.84 Å². The normalized spacial score (nSPS) is 29.1. The summed E-state index contributed by atoms with van der Waals surface area (Å²) in [6, 6.07) is 2.65. The summed E-state index contributed by atoms with van der Waals surface area (Å²) in [6.07, 6.45) is 9.73. The van der Waals surface area contributed by atoms with Crippen LogP contribution in [-0.4, -0.2) is 33.7 Å². The Morgan fingerprint density at radius 1 is 1.40 bits per heavy atom. The van der Waals surface area contributed by atoms with Crippen molar-refractivity contribution in [1.82, 2.24) is 9.78 Å². The first-order valence-electron chi connectivity index (χ1n) is 8.11. The van der Waals surface area contributed by atoms with Crippen molar-refractivity contribution in [3.05, 3.63) is 18.0 Å². The van der Waals surface area contributed by atoms with Crippen LogP contribution in [0.1, 0.15) is 57.2 Å². The van der Waals surface area contributed by atoms with Crippen LogP contribution in [0.4, 0.5) is 0 Å². The molecule has 1 saturated carbocycles. The molecule has 2 aliphatic rings. The average Bonchev–Trinajstić information content (AvgIpc) is 3.19. The van der Waals surface area contributed by atoms with Gasteiger partial charge in [-0.25, -0.2) is 0 Å². The average molecular weight is 278 g/mol. The van der Waals surface area contributed by atoms with Crippen LogP contribution in [-0.2, 0) is 11.2 Å². The van der Waals surface area contributed by atoms with Crippen molar-refractivity contribution in [1.29, 1.82) is 0 Å². The van der Waals surface area contributed by atoms with Gasteiger partial charge in [-0.3, -0.25) is 4.68 Å². The van der Waals surface area contributed by atoms with E-state index < -0.39 is 0 Å².